The van der Waals surface area contributed by atoms with Gasteiger partial charge in [-0.15, -0.1) is 0 Å². The van der Waals surface area contributed by atoms with Gasteiger partial charge in [0.1, 0.15) is 0 Å². The molecule has 15 heavy (non-hydrogen) atoms. The highest BCUT2D eigenvalue weighted by Gasteiger charge is 2.32. The second kappa shape index (κ2) is 3.32. The van der Waals surface area contributed by atoms with Gasteiger partial charge in [0.15, 0.2) is 9.84 Å². The van der Waals surface area contributed by atoms with E-state index < -0.39 is 15.9 Å². The molecule has 1 aliphatic rings. The SMILES string of the molecule is CC(O)c1ccc2c(c1)C(C)CS2(=O)=O. The van der Waals surface area contributed by atoms with E-state index in [0.717, 1.165) is 11.1 Å². The van der Waals surface area contributed by atoms with Crippen LogP contribution in [0, 0.1) is 0 Å². The second-order valence-corrected chi connectivity index (χ2v) is 6.16. The van der Waals surface area contributed by atoms with Gasteiger partial charge in [-0.25, -0.2) is 8.42 Å². The summed E-state index contributed by atoms with van der Waals surface area (Å²) >= 11 is 0. The van der Waals surface area contributed by atoms with Crippen LogP contribution in [0.1, 0.15) is 37.0 Å². The molecule has 2 unspecified atom stereocenters. The minimum absolute atomic E-state index is 0.0312. The van der Waals surface area contributed by atoms with E-state index in [0.29, 0.717) is 4.90 Å². The van der Waals surface area contributed by atoms with Gasteiger partial charge in [-0.2, -0.15) is 0 Å². The molecule has 0 amide bonds. The van der Waals surface area contributed by atoms with Crippen LogP contribution in [0.4, 0.5) is 0 Å². The maximum absolute atomic E-state index is 11.7. The lowest BCUT2D eigenvalue weighted by atomic mass is 9.99. The fraction of sp³-hybridized carbons (Fsp3) is 0.455. The van der Waals surface area contributed by atoms with E-state index in [1.54, 1.807) is 25.1 Å². The molecule has 1 N–H and O–H groups in total. The Morgan fingerprint density at radius 3 is 2.73 bits per heavy atom. The van der Waals surface area contributed by atoms with Crippen LogP contribution in [0.5, 0.6) is 0 Å². The number of aliphatic hydroxyl groups excluding tert-OH is 1. The third-order valence-corrected chi connectivity index (χ3v) is 4.83. The van der Waals surface area contributed by atoms with Gasteiger partial charge in [-0.1, -0.05) is 19.1 Å². The number of hydrogen-bond acceptors (Lipinski definition) is 3. The quantitative estimate of drug-likeness (QED) is 0.792. The molecule has 1 aromatic carbocycles. The van der Waals surface area contributed by atoms with Crippen LogP contribution in [0.25, 0.3) is 0 Å². The van der Waals surface area contributed by atoms with Gasteiger partial charge in [-0.3, -0.25) is 0 Å². The summed E-state index contributed by atoms with van der Waals surface area (Å²) in [7, 11) is -3.08. The number of benzene rings is 1. The van der Waals surface area contributed by atoms with Gasteiger partial charge in [0.25, 0.3) is 0 Å². The number of rotatable bonds is 1. The van der Waals surface area contributed by atoms with Crippen LogP contribution in [-0.4, -0.2) is 19.3 Å². The molecule has 0 aliphatic carbocycles. The Labute approximate surface area is 89.7 Å². The molecule has 0 spiro atoms. The second-order valence-electron chi connectivity index (χ2n) is 4.16. The van der Waals surface area contributed by atoms with E-state index in [9.17, 15) is 13.5 Å². The molecule has 4 heteroatoms. The molecule has 1 aromatic rings. The molecule has 0 saturated heterocycles. The number of aliphatic hydroxyl groups is 1. The smallest absolute Gasteiger partial charge is 0.179 e. The van der Waals surface area contributed by atoms with Crippen LogP contribution in [0.2, 0.25) is 0 Å². The molecule has 1 aliphatic heterocycles. The monoisotopic (exact) mass is 226 g/mol. The van der Waals surface area contributed by atoms with E-state index >= 15 is 0 Å². The Morgan fingerprint density at radius 2 is 2.13 bits per heavy atom. The molecule has 3 nitrogen and oxygen atoms in total. The Bertz CT molecular complexity index is 489. The third kappa shape index (κ3) is 1.68. The molecule has 1 heterocycles. The number of sulfone groups is 1. The first-order valence-corrected chi connectivity index (χ1v) is 6.61. The minimum atomic E-state index is -3.08. The highest BCUT2D eigenvalue weighted by molar-refractivity contribution is 7.91. The Balaban J connectivity index is 2.61. The van der Waals surface area contributed by atoms with Crippen LogP contribution in [0.3, 0.4) is 0 Å². The molecule has 0 saturated carbocycles. The zero-order chi connectivity index (χ0) is 11.2. The molecule has 0 fully saturated rings. The zero-order valence-electron chi connectivity index (χ0n) is 8.77. The van der Waals surface area contributed by atoms with Crippen molar-refractivity contribution in [1.82, 2.24) is 0 Å². The molecule has 2 atom stereocenters. The first kappa shape index (κ1) is 10.6. The van der Waals surface area contributed by atoms with Crippen molar-refractivity contribution in [3.05, 3.63) is 29.3 Å². The molecule has 0 radical (unpaired) electrons. The molecule has 2 rings (SSSR count). The summed E-state index contributed by atoms with van der Waals surface area (Å²) in [6, 6.07) is 5.09. The Morgan fingerprint density at radius 1 is 1.47 bits per heavy atom. The van der Waals surface area contributed by atoms with Crippen LogP contribution in [-0.2, 0) is 9.84 Å². The third-order valence-electron chi connectivity index (χ3n) is 2.85. The largest absolute Gasteiger partial charge is 0.389 e. The van der Waals surface area contributed by atoms with Gasteiger partial charge >= 0.3 is 0 Å². The molecule has 82 valence electrons. The van der Waals surface area contributed by atoms with Crippen molar-refractivity contribution < 1.29 is 13.5 Å². The van der Waals surface area contributed by atoms with Crippen LogP contribution in [0.15, 0.2) is 23.1 Å². The molecule has 0 bridgehead atoms. The van der Waals surface area contributed by atoms with E-state index in [1.165, 1.54) is 0 Å². The average molecular weight is 226 g/mol. The van der Waals surface area contributed by atoms with Crippen LogP contribution >= 0.6 is 0 Å². The number of fused-ring (bicyclic) bond motifs is 1. The molecular weight excluding hydrogens is 212 g/mol. The maximum Gasteiger partial charge on any atom is 0.179 e. The summed E-state index contributed by atoms with van der Waals surface area (Å²) in [6.07, 6.45) is -0.550. The van der Waals surface area contributed by atoms with Crippen LogP contribution < -0.4 is 0 Å². The summed E-state index contributed by atoms with van der Waals surface area (Å²) in [4.78, 5) is 0.430. The van der Waals surface area contributed by atoms with Crippen molar-refractivity contribution >= 4 is 9.84 Å². The maximum atomic E-state index is 11.7. The molecular formula is C11H14O3S. The fourth-order valence-electron chi connectivity index (χ4n) is 2.00. The number of hydrogen-bond donors (Lipinski definition) is 1. The Hall–Kier alpha value is -0.870. The average Bonchev–Trinajstić information content (AvgIpc) is 2.37. The summed E-state index contributed by atoms with van der Waals surface area (Å²) in [5.41, 5.74) is 1.62. The van der Waals surface area contributed by atoms with Gasteiger partial charge in [0.05, 0.1) is 16.8 Å². The van der Waals surface area contributed by atoms with Crippen molar-refractivity contribution in [3.63, 3.8) is 0 Å². The van der Waals surface area contributed by atoms with Crippen molar-refractivity contribution in [2.75, 3.05) is 5.75 Å². The fourth-order valence-corrected chi connectivity index (χ4v) is 3.92. The lowest BCUT2D eigenvalue weighted by molar-refractivity contribution is 0.199. The van der Waals surface area contributed by atoms with E-state index in [-0.39, 0.29) is 11.7 Å². The van der Waals surface area contributed by atoms with E-state index in [2.05, 4.69) is 0 Å². The van der Waals surface area contributed by atoms with Gasteiger partial charge in [0.2, 0.25) is 0 Å². The Kier molecular flexibility index (Phi) is 2.35. The topological polar surface area (TPSA) is 54.4 Å². The molecule has 0 aromatic heterocycles. The standard InChI is InChI=1S/C11H14O3S/c1-7-6-15(13,14)11-4-3-9(8(2)12)5-10(7)11/h3-5,7-8,12H,6H2,1-2H3. The van der Waals surface area contributed by atoms with E-state index in [4.69, 9.17) is 0 Å². The van der Waals surface area contributed by atoms with Gasteiger partial charge < -0.3 is 5.11 Å². The lowest BCUT2D eigenvalue weighted by Gasteiger charge is -2.08. The van der Waals surface area contributed by atoms with Crippen molar-refractivity contribution in [1.29, 1.82) is 0 Å². The zero-order valence-corrected chi connectivity index (χ0v) is 9.58. The first-order valence-electron chi connectivity index (χ1n) is 4.96. The van der Waals surface area contributed by atoms with Crippen molar-refractivity contribution in [2.24, 2.45) is 0 Å². The van der Waals surface area contributed by atoms with Gasteiger partial charge in [0, 0.05) is 0 Å². The van der Waals surface area contributed by atoms with Crippen molar-refractivity contribution in [3.8, 4) is 0 Å². The van der Waals surface area contributed by atoms with E-state index in [1.807, 2.05) is 6.92 Å². The van der Waals surface area contributed by atoms with Crippen molar-refractivity contribution in [2.45, 2.75) is 30.8 Å². The highest BCUT2D eigenvalue weighted by atomic mass is 32.2. The summed E-state index contributed by atoms with van der Waals surface area (Å²) in [5, 5.41) is 9.42. The summed E-state index contributed by atoms with van der Waals surface area (Å²) in [6.45, 7) is 3.57. The first-order chi connectivity index (χ1) is 6.92. The normalized spacial score (nSPS) is 24.9. The summed E-state index contributed by atoms with van der Waals surface area (Å²) in [5.74, 6) is 0.217. The predicted molar refractivity (Wildman–Crippen MR) is 57.5 cm³/mol. The minimum Gasteiger partial charge on any atom is -0.389 e. The van der Waals surface area contributed by atoms with Gasteiger partial charge in [-0.05, 0) is 30.0 Å². The lowest BCUT2D eigenvalue weighted by Crippen LogP contribution is -2.00. The summed E-state index contributed by atoms with van der Waals surface area (Å²) < 4.78 is 23.4. The predicted octanol–water partition coefficient (Wildman–Crippen LogP) is 1.63. The highest BCUT2D eigenvalue weighted by Crippen LogP contribution is 2.35.